The zero-order valence-electron chi connectivity index (χ0n) is 19.4. The lowest BCUT2D eigenvalue weighted by molar-refractivity contribution is 0.0570. The zero-order valence-corrected chi connectivity index (χ0v) is 20.2. The van der Waals surface area contributed by atoms with Crippen LogP contribution >= 0.6 is 0 Å². The second-order valence-corrected chi connectivity index (χ2v) is 9.75. The molecule has 2 aromatic carbocycles. The fraction of sp³-hybridized carbons (Fsp3) is 0.318. The molecule has 0 saturated carbocycles. The molecule has 3 rings (SSSR count). The molecule has 0 spiro atoms. The number of nitrogens with one attached hydrogen (secondary N) is 3. The SMILES string of the molecule is COc1cc2c(Cc3cccc(NS(=O)(=O)NC(=O)OC(C)(C)C)c3)n[nH]c(=O)c2cc1OC. The summed E-state index contributed by atoms with van der Waals surface area (Å²) in [7, 11) is -1.25. The summed E-state index contributed by atoms with van der Waals surface area (Å²) in [5, 5.41) is 7.58. The van der Waals surface area contributed by atoms with Gasteiger partial charge in [-0.1, -0.05) is 12.1 Å². The van der Waals surface area contributed by atoms with Crippen LogP contribution in [0, 0.1) is 0 Å². The van der Waals surface area contributed by atoms with Gasteiger partial charge in [0.1, 0.15) is 5.60 Å². The fourth-order valence-electron chi connectivity index (χ4n) is 3.21. The van der Waals surface area contributed by atoms with Crippen molar-refractivity contribution in [2.75, 3.05) is 18.9 Å². The van der Waals surface area contributed by atoms with Crippen molar-refractivity contribution in [3.8, 4) is 11.5 Å². The normalized spacial score (nSPS) is 11.7. The van der Waals surface area contributed by atoms with Crippen LogP contribution in [0.5, 0.6) is 11.5 Å². The Morgan fingerprint density at radius 3 is 2.32 bits per heavy atom. The smallest absolute Gasteiger partial charge is 0.422 e. The number of anilines is 1. The summed E-state index contributed by atoms with van der Waals surface area (Å²) < 4.78 is 44.3. The quantitative estimate of drug-likeness (QED) is 0.458. The van der Waals surface area contributed by atoms with Crippen LogP contribution in [0.15, 0.2) is 41.2 Å². The van der Waals surface area contributed by atoms with Gasteiger partial charge in [-0.3, -0.25) is 9.52 Å². The molecule has 0 radical (unpaired) electrons. The summed E-state index contributed by atoms with van der Waals surface area (Å²) in [6.07, 6.45) is -0.817. The molecule has 11 nitrogen and oxygen atoms in total. The lowest BCUT2D eigenvalue weighted by Crippen LogP contribution is -2.39. The average molecular weight is 491 g/mol. The van der Waals surface area contributed by atoms with Crippen LogP contribution in [0.2, 0.25) is 0 Å². The fourth-order valence-corrected chi connectivity index (χ4v) is 3.96. The Labute approximate surface area is 196 Å². The number of fused-ring (bicyclic) bond motifs is 1. The molecule has 182 valence electrons. The van der Waals surface area contributed by atoms with Gasteiger partial charge in [0.05, 0.1) is 31.0 Å². The van der Waals surface area contributed by atoms with Crippen molar-refractivity contribution in [1.82, 2.24) is 14.9 Å². The van der Waals surface area contributed by atoms with Crippen LogP contribution in [0.25, 0.3) is 10.8 Å². The van der Waals surface area contributed by atoms with Crippen molar-refractivity contribution in [3.05, 3.63) is 58.0 Å². The number of ether oxygens (including phenoxy) is 3. The van der Waals surface area contributed by atoms with Crippen LogP contribution in [0.1, 0.15) is 32.0 Å². The van der Waals surface area contributed by atoms with Crippen molar-refractivity contribution in [2.45, 2.75) is 32.8 Å². The van der Waals surface area contributed by atoms with E-state index in [1.165, 1.54) is 20.3 Å². The number of methoxy groups -OCH3 is 2. The van der Waals surface area contributed by atoms with Gasteiger partial charge in [0.25, 0.3) is 5.56 Å². The number of aromatic nitrogens is 2. The van der Waals surface area contributed by atoms with Gasteiger partial charge in [-0.25, -0.2) is 14.6 Å². The van der Waals surface area contributed by atoms with E-state index in [9.17, 15) is 18.0 Å². The van der Waals surface area contributed by atoms with E-state index in [4.69, 9.17) is 14.2 Å². The van der Waals surface area contributed by atoms with E-state index in [0.717, 1.165) is 0 Å². The van der Waals surface area contributed by atoms with Crippen molar-refractivity contribution in [3.63, 3.8) is 0 Å². The van der Waals surface area contributed by atoms with Crippen LogP contribution in [0.3, 0.4) is 0 Å². The molecular formula is C22H26N4O7S. The standard InChI is InChI=1S/C22H26N4O7S/c1-22(2,3)33-21(28)26-34(29,30)25-14-8-6-7-13(9-14)10-17-15-11-18(31-4)19(32-5)12-16(15)20(27)24-23-17/h6-9,11-12,25H,10H2,1-5H3,(H,24,27)(H,26,28). The second-order valence-electron chi connectivity index (χ2n) is 8.34. The van der Waals surface area contributed by atoms with E-state index in [2.05, 4.69) is 14.9 Å². The highest BCUT2D eigenvalue weighted by Gasteiger charge is 2.21. The Morgan fingerprint density at radius 2 is 1.71 bits per heavy atom. The van der Waals surface area contributed by atoms with E-state index in [1.807, 2.05) is 0 Å². The number of rotatable bonds is 7. The number of carbonyl (C=O) groups is 1. The van der Waals surface area contributed by atoms with Gasteiger partial charge in [0.15, 0.2) is 11.5 Å². The summed E-state index contributed by atoms with van der Waals surface area (Å²) in [5.74, 6) is 0.852. The molecule has 0 unspecified atom stereocenters. The van der Waals surface area contributed by atoms with Gasteiger partial charge in [-0.05, 0) is 50.6 Å². The number of hydrogen-bond acceptors (Lipinski definition) is 8. The van der Waals surface area contributed by atoms with Gasteiger partial charge in [0.2, 0.25) is 0 Å². The average Bonchev–Trinajstić information content (AvgIpc) is 2.73. The summed E-state index contributed by atoms with van der Waals surface area (Å²) >= 11 is 0. The molecule has 0 aliphatic rings. The lowest BCUT2D eigenvalue weighted by Gasteiger charge is -2.19. The Balaban J connectivity index is 1.86. The molecule has 34 heavy (non-hydrogen) atoms. The second kappa shape index (κ2) is 9.59. The highest BCUT2D eigenvalue weighted by Crippen LogP contribution is 2.32. The summed E-state index contributed by atoms with van der Waals surface area (Å²) in [5.41, 5.74) is 0.241. The van der Waals surface area contributed by atoms with Crippen molar-refractivity contribution >= 4 is 32.8 Å². The van der Waals surface area contributed by atoms with Gasteiger partial charge in [-0.15, -0.1) is 0 Å². The predicted octanol–water partition coefficient (Wildman–Crippen LogP) is 2.71. The maximum absolute atomic E-state index is 12.3. The third-order valence-electron chi connectivity index (χ3n) is 4.54. The minimum atomic E-state index is -4.22. The van der Waals surface area contributed by atoms with E-state index in [0.29, 0.717) is 33.5 Å². The number of nitrogens with zero attached hydrogens (tertiary/aromatic N) is 1. The Kier molecular flexibility index (Phi) is 7.01. The number of benzene rings is 2. The number of hydrogen-bond donors (Lipinski definition) is 3. The number of aromatic amines is 1. The van der Waals surface area contributed by atoms with Crippen LogP contribution in [-0.2, 0) is 21.4 Å². The summed E-state index contributed by atoms with van der Waals surface area (Å²) in [4.78, 5) is 24.1. The van der Waals surface area contributed by atoms with Crippen molar-refractivity contribution in [1.29, 1.82) is 0 Å². The number of amides is 1. The minimum Gasteiger partial charge on any atom is -0.493 e. The van der Waals surface area contributed by atoms with Crippen LogP contribution in [0.4, 0.5) is 10.5 Å². The Hall–Kier alpha value is -3.80. The molecule has 3 aromatic rings. The monoisotopic (exact) mass is 490 g/mol. The topological polar surface area (TPSA) is 149 Å². The van der Waals surface area contributed by atoms with E-state index in [1.54, 1.807) is 55.8 Å². The maximum Gasteiger partial charge on any atom is 0.422 e. The van der Waals surface area contributed by atoms with E-state index in [-0.39, 0.29) is 17.7 Å². The molecule has 0 fully saturated rings. The third kappa shape index (κ3) is 6.16. The number of H-pyrrole nitrogens is 1. The first-order valence-electron chi connectivity index (χ1n) is 10.2. The van der Waals surface area contributed by atoms with Gasteiger partial charge in [0, 0.05) is 11.8 Å². The zero-order chi connectivity index (χ0) is 25.1. The largest absolute Gasteiger partial charge is 0.493 e. The highest BCUT2D eigenvalue weighted by atomic mass is 32.2. The van der Waals surface area contributed by atoms with Crippen molar-refractivity contribution in [2.24, 2.45) is 0 Å². The molecule has 12 heteroatoms. The van der Waals surface area contributed by atoms with Gasteiger partial charge >= 0.3 is 16.3 Å². The summed E-state index contributed by atoms with van der Waals surface area (Å²) in [6.45, 7) is 4.86. The molecule has 0 aliphatic heterocycles. The minimum absolute atomic E-state index is 0.224. The molecule has 1 heterocycles. The van der Waals surface area contributed by atoms with Crippen LogP contribution < -0.4 is 24.5 Å². The third-order valence-corrected chi connectivity index (χ3v) is 5.48. The first-order chi connectivity index (χ1) is 15.9. The molecule has 0 aliphatic carbocycles. The van der Waals surface area contributed by atoms with Crippen molar-refractivity contribution < 1.29 is 27.4 Å². The van der Waals surface area contributed by atoms with Crippen LogP contribution in [-0.4, -0.2) is 44.5 Å². The lowest BCUT2D eigenvalue weighted by atomic mass is 10.0. The molecule has 0 bridgehead atoms. The van der Waals surface area contributed by atoms with E-state index < -0.39 is 21.9 Å². The van der Waals surface area contributed by atoms with E-state index >= 15 is 0 Å². The van der Waals surface area contributed by atoms with Gasteiger partial charge < -0.3 is 14.2 Å². The molecule has 1 amide bonds. The summed E-state index contributed by atoms with van der Waals surface area (Å²) in [6, 6.07) is 9.79. The Morgan fingerprint density at radius 1 is 1.06 bits per heavy atom. The first-order valence-corrected chi connectivity index (χ1v) is 11.6. The molecular weight excluding hydrogens is 464 g/mol. The molecule has 0 atom stereocenters. The molecule has 3 N–H and O–H groups in total. The molecule has 0 saturated heterocycles. The highest BCUT2D eigenvalue weighted by molar-refractivity contribution is 7.91. The molecule has 1 aromatic heterocycles. The Bertz CT molecular complexity index is 1380. The van der Waals surface area contributed by atoms with Gasteiger partial charge in [-0.2, -0.15) is 13.5 Å². The number of carbonyl (C=O) groups excluding carboxylic acids is 1. The predicted molar refractivity (Wildman–Crippen MR) is 127 cm³/mol. The first kappa shape index (κ1) is 24.8. The maximum atomic E-state index is 12.3.